The predicted octanol–water partition coefficient (Wildman–Crippen LogP) is 2.19. The van der Waals surface area contributed by atoms with Crippen LogP contribution in [-0.2, 0) is 10.0 Å². The van der Waals surface area contributed by atoms with E-state index in [0.717, 1.165) is 24.7 Å². The summed E-state index contributed by atoms with van der Waals surface area (Å²) >= 11 is 0. The summed E-state index contributed by atoms with van der Waals surface area (Å²) in [6.07, 6.45) is 4.90. The zero-order valence-corrected chi connectivity index (χ0v) is 13.6. The van der Waals surface area contributed by atoms with Crippen LogP contribution in [0.1, 0.15) is 32.6 Å². The Balaban J connectivity index is 2.12. The molecule has 0 aromatic heterocycles. The first-order chi connectivity index (χ1) is 9.97. The second kappa shape index (κ2) is 6.66. The Morgan fingerprint density at radius 1 is 1.33 bits per heavy atom. The molecule has 5 nitrogen and oxygen atoms in total. The minimum Gasteiger partial charge on any atom is -0.397 e. The average molecular weight is 311 g/mol. The van der Waals surface area contributed by atoms with Crippen LogP contribution >= 0.6 is 0 Å². The smallest absolute Gasteiger partial charge is 0.240 e. The molecule has 0 radical (unpaired) electrons. The maximum atomic E-state index is 11.8. The third kappa shape index (κ3) is 3.68. The van der Waals surface area contributed by atoms with E-state index in [1.54, 1.807) is 12.1 Å². The van der Waals surface area contributed by atoms with Gasteiger partial charge in [0.2, 0.25) is 10.0 Å². The molecular weight excluding hydrogens is 286 g/mol. The number of benzene rings is 1. The van der Waals surface area contributed by atoms with E-state index in [0.29, 0.717) is 5.69 Å². The molecule has 1 aromatic rings. The molecule has 0 saturated carbocycles. The van der Waals surface area contributed by atoms with Gasteiger partial charge >= 0.3 is 0 Å². The van der Waals surface area contributed by atoms with Gasteiger partial charge in [0.25, 0.3) is 0 Å². The lowest BCUT2D eigenvalue weighted by Crippen LogP contribution is -2.34. The molecule has 0 bridgehead atoms. The van der Waals surface area contributed by atoms with Crippen molar-refractivity contribution in [1.29, 1.82) is 0 Å². The first-order valence-electron chi connectivity index (χ1n) is 7.56. The summed E-state index contributed by atoms with van der Waals surface area (Å²) in [5.74, 6) is 0.816. The Kier molecular flexibility index (Phi) is 5.11. The Morgan fingerprint density at radius 3 is 2.52 bits per heavy atom. The SMILES string of the molecule is CCCC1CCN(c2ccc(S(=O)(=O)NC)cc2N)CC1. The summed E-state index contributed by atoms with van der Waals surface area (Å²) in [6, 6.07) is 4.98. The second-order valence-corrected chi connectivity index (χ2v) is 7.53. The van der Waals surface area contributed by atoms with Crippen molar-refractivity contribution in [3.8, 4) is 0 Å². The van der Waals surface area contributed by atoms with E-state index in [9.17, 15) is 8.42 Å². The lowest BCUT2D eigenvalue weighted by molar-refractivity contribution is 0.378. The van der Waals surface area contributed by atoms with E-state index in [2.05, 4.69) is 16.5 Å². The van der Waals surface area contributed by atoms with Gasteiger partial charge in [-0.15, -0.1) is 0 Å². The van der Waals surface area contributed by atoms with Crippen LogP contribution < -0.4 is 15.4 Å². The molecule has 0 spiro atoms. The molecule has 1 aliphatic heterocycles. The molecule has 0 unspecified atom stereocenters. The lowest BCUT2D eigenvalue weighted by Gasteiger charge is -2.34. The fraction of sp³-hybridized carbons (Fsp3) is 0.600. The normalized spacial score (nSPS) is 17.1. The number of hydrogen-bond donors (Lipinski definition) is 2. The molecule has 0 atom stereocenters. The van der Waals surface area contributed by atoms with Gasteiger partial charge in [0.1, 0.15) is 0 Å². The van der Waals surface area contributed by atoms with E-state index >= 15 is 0 Å². The van der Waals surface area contributed by atoms with Gasteiger partial charge in [-0.05, 0) is 44.0 Å². The Labute approximate surface area is 127 Å². The van der Waals surface area contributed by atoms with Gasteiger partial charge in [-0.3, -0.25) is 0 Å². The molecule has 118 valence electrons. The zero-order valence-electron chi connectivity index (χ0n) is 12.8. The van der Waals surface area contributed by atoms with Gasteiger partial charge in [0.15, 0.2) is 0 Å². The number of nitrogens with one attached hydrogen (secondary N) is 1. The maximum absolute atomic E-state index is 11.8. The Bertz CT molecular complexity index is 579. The molecule has 2 rings (SSSR count). The van der Waals surface area contributed by atoms with Gasteiger partial charge in [0, 0.05) is 13.1 Å². The van der Waals surface area contributed by atoms with Crippen molar-refractivity contribution in [3.05, 3.63) is 18.2 Å². The van der Waals surface area contributed by atoms with Crippen molar-refractivity contribution in [1.82, 2.24) is 4.72 Å². The number of hydrogen-bond acceptors (Lipinski definition) is 4. The topological polar surface area (TPSA) is 75.4 Å². The second-order valence-electron chi connectivity index (χ2n) is 5.65. The highest BCUT2D eigenvalue weighted by atomic mass is 32.2. The largest absolute Gasteiger partial charge is 0.397 e. The van der Waals surface area contributed by atoms with E-state index < -0.39 is 10.0 Å². The fourth-order valence-electron chi connectivity index (χ4n) is 2.98. The molecule has 3 N–H and O–H groups in total. The van der Waals surface area contributed by atoms with E-state index in [-0.39, 0.29) is 4.90 Å². The summed E-state index contributed by atoms with van der Waals surface area (Å²) in [4.78, 5) is 2.48. The standard InChI is InChI=1S/C15H25N3O2S/c1-3-4-12-7-9-18(10-8-12)15-6-5-13(11-14(15)16)21(19,20)17-2/h5-6,11-12,17H,3-4,7-10,16H2,1-2H3. The van der Waals surface area contributed by atoms with Gasteiger partial charge in [-0.25, -0.2) is 13.1 Å². The first-order valence-corrected chi connectivity index (χ1v) is 9.04. The molecule has 0 amide bonds. The molecule has 1 fully saturated rings. The van der Waals surface area contributed by atoms with Gasteiger partial charge in [-0.2, -0.15) is 0 Å². The molecule has 6 heteroatoms. The number of sulfonamides is 1. The minimum absolute atomic E-state index is 0.215. The molecule has 0 aliphatic carbocycles. The van der Waals surface area contributed by atoms with Crippen molar-refractivity contribution < 1.29 is 8.42 Å². The van der Waals surface area contributed by atoms with E-state index in [4.69, 9.17) is 5.73 Å². The molecule has 21 heavy (non-hydrogen) atoms. The zero-order chi connectivity index (χ0) is 15.5. The summed E-state index contributed by atoms with van der Waals surface area (Å²) < 4.78 is 25.9. The van der Waals surface area contributed by atoms with Gasteiger partial charge in [0.05, 0.1) is 16.3 Å². The van der Waals surface area contributed by atoms with Crippen LogP contribution in [0.25, 0.3) is 0 Å². The highest BCUT2D eigenvalue weighted by molar-refractivity contribution is 7.89. The maximum Gasteiger partial charge on any atom is 0.240 e. The van der Waals surface area contributed by atoms with Gasteiger partial charge in [-0.1, -0.05) is 19.8 Å². The summed E-state index contributed by atoms with van der Waals surface area (Å²) in [5.41, 5.74) is 7.54. The van der Waals surface area contributed by atoms with E-state index in [1.165, 1.54) is 32.7 Å². The van der Waals surface area contributed by atoms with Crippen molar-refractivity contribution in [2.24, 2.45) is 5.92 Å². The predicted molar refractivity (Wildman–Crippen MR) is 86.9 cm³/mol. The molecular formula is C15H25N3O2S. The number of piperidine rings is 1. The van der Waals surface area contributed by atoms with Gasteiger partial charge < -0.3 is 10.6 Å². The number of anilines is 2. The first kappa shape index (κ1) is 16.1. The van der Waals surface area contributed by atoms with Crippen LogP contribution in [0.2, 0.25) is 0 Å². The Hall–Kier alpha value is -1.27. The van der Waals surface area contributed by atoms with Crippen LogP contribution in [-0.4, -0.2) is 28.6 Å². The number of nitrogens with zero attached hydrogens (tertiary/aromatic N) is 1. The van der Waals surface area contributed by atoms with Crippen LogP contribution in [0.4, 0.5) is 11.4 Å². The summed E-state index contributed by atoms with van der Waals surface area (Å²) in [7, 11) is -2.03. The van der Waals surface area contributed by atoms with Crippen LogP contribution in [0, 0.1) is 5.92 Å². The monoisotopic (exact) mass is 311 g/mol. The summed E-state index contributed by atoms with van der Waals surface area (Å²) in [5, 5.41) is 0. The van der Waals surface area contributed by atoms with E-state index in [1.807, 2.05) is 6.07 Å². The molecule has 1 aromatic carbocycles. The lowest BCUT2D eigenvalue weighted by atomic mass is 9.92. The van der Waals surface area contributed by atoms with Crippen molar-refractivity contribution >= 4 is 21.4 Å². The molecule has 1 saturated heterocycles. The quantitative estimate of drug-likeness (QED) is 0.817. The van der Waals surface area contributed by atoms with Crippen LogP contribution in [0.5, 0.6) is 0 Å². The van der Waals surface area contributed by atoms with Crippen LogP contribution in [0.15, 0.2) is 23.1 Å². The number of nitrogen functional groups attached to an aromatic ring is 1. The third-order valence-electron chi connectivity index (χ3n) is 4.23. The minimum atomic E-state index is -3.43. The van der Waals surface area contributed by atoms with Crippen molar-refractivity contribution in [2.45, 2.75) is 37.5 Å². The number of rotatable bonds is 5. The number of nitrogens with two attached hydrogens (primary N) is 1. The van der Waals surface area contributed by atoms with Crippen molar-refractivity contribution in [2.75, 3.05) is 30.8 Å². The Morgan fingerprint density at radius 2 is 2.00 bits per heavy atom. The molecule has 1 aliphatic rings. The van der Waals surface area contributed by atoms with Crippen LogP contribution in [0.3, 0.4) is 0 Å². The summed E-state index contributed by atoms with van der Waals surface area (Å²) in [6.45, 7) is 4.21. The average Bonchev–Trinajstić information content (AvgIpc) is 2.48. The highest BCUT2D eigenvalue weighted by Crippen LogP contribution is 2.31. The molecule has 1 heterocycles. The highest BCUT2D eigenvalue weighted by Gasteiger charge is 2.21. The fourth-order valence-corrected chi connectivity index (χ4v) is 3.74. The third-order valence-corrected chi connectivity index (χ3v) is 5.64. The van der Waals surface area contributed by atoms with Crippen molar-refractivity contribution in [3.63, 3.8) is 0 Å².